The van der Waals surface area contributed by atoms with Crippen LogP contribution in [0.3, 0.4) is 0 Å². The molecule has 0 saturated carbocycles. The van der Waals surface area contributed by atoms with Crippen molar-refractivity contribution in [3.8, 4) is 0 Å². The van der Waals surface area contributed by atoms with Gasteiger partial charge in [0.25, 0.3) is 11.8 Å². The maximum Gasteiger partial charge on any atom is 0.273 e. The minimum Gasteiger partial charge on any atom is -0.354 e. The third-order valence-electron chi connectivity index (χ3n) is 2.57. The molecular formula is C12H13BrN4O2S. The molecule has 2 aromatic heterocycles. The fraction of sp³-hybridized carbons (Fsp3) is 0.250. The van der Waals surface area contributed by atoms with Gasteiger partial charge in [-0.05, 0) is 28.9 Å². The molecule has 0 radical (unpaired) electrons. The van der Waals surface area contributed by atoms with Crippen molar-refractivity contribution in [1.82, 2.24) is 15.1 Å². The Labute approximate surface area is 128 Å². The molecule has 0 fully saturated rings. The van der Waals surface area contributed by atoms with E-state index < -0.39 is 0 Å². The van der Waals surface area contributed by atoms with E-state index in [1.807, 2.05) is 12.3 Å². The SMILES string of the molecule is CCn1cc(NC(=O)c2cc(Br)cs2)c(C(=O)NC)n1. The maximum atomic E-state index is 12.1. The van der Waals surface area contributed by atoms with E-state index in [-0.39, 0.29) is 17.5 Å². The number of carbonyl (C=O) groups excluding carboxylic acids is 2. The summed E-state index contributed by atoms with van der Waals surface area (Å²) in [7, 11) is 1.52. The number of amides is 2. The number of hydrogen-bond donors (Lipinski definition) is 2. The van der Waals surface area contributed by atoms with Crippen molar-refractivity contribution in [2.24, 2.45) is 0 Å². The van der Waals surface area contributed by atoms with Crippen molar-refractivity contribution in [1.29, 1.82) is 0 Å². The van der Waals surface area contributed by atoms with Gasteiger partial charge in [0.15, 0.2) is 5.69 Å². The second-order valence-corrected chi connectivity index (χ2v) is 5.74. The van der Waals surface area contributed by atoms with E-state index in [2.05, 4.69) is 31.7 Å². The predicted octanol–water partition coefficient (Wildman–Crippen LogP) is 2.34. The highest BCUT2D eigenvalue weighted by atomic mass is 79.9. The van der Waals surface area contributed by atoms with Crippen molar-refractivity contribution in [2.45, 2.75) is 13.5 Å². The number of aromatic nitrogens is 2. The van der Waals surface area contributed by atoms with Gasteiger partial charge in [-0.3, -0.25) is 14.3 Å². The average molecular weight is 357 g/mol. The van der Waals surface area contributed by atoms with Crippen LogP contribution < -0.4 is 10.6 Å². The van der Waals surface area contributed by atoms with Crippen LogP contribution in [0, 0.1) is 0 Å². The van der Waals surface area contributed by atoms with E-state index in [1.165, 1.54) is 18.4 Å². The van der Waals surface area contributed by atoms with Crippen LogP contribution in [0.25, 0.3) is 0 Å². The summed E-state index contributed by atoms with van der Waals surface area (Å²) in [6.07, 6.45) is 1.64. The van der Waals surface area contributed by atoms with Crippen LogP contribution in [0.2, 0.25) is 0 Å². The summed E-state index contributed by atoms with van der Waals surface area (Å²) in [6, 6.07) is 1.73. The zero-order valence-electron chi connectivity index (χ0n) is 10.9. The highest BCUT2D eigenvalue weighted by molar-refractivity contribution is 9.10. The van der Waals surface area contributed by atoms with E-state index in [0.717, 1.165) is 4.47 Å². The molecule has 0 unspecified atom stereocenters. The number of anilines is 1. The van der Waals surface area contributed by atoms with Gasteiger partial charge in [0.05, 0.1) is 10.6 Å². The number of halogens is 1. The van der Waals surface area contributed by atoms with Gasteiger partial charge in [0, 0.05) is 29.6 Å². The normalized spacial score (nSPS) is 10.3. The zero-order valence-corrected chi connectivity index (χ0v) is 13.3. The number of carbonyl (C=O) groups is 2. The van der Waals surface area contributed by atoms with E-state index in [0.29, 0.717) is 17.1 Å². The van der Waals surface area contributed by atoms with Crippen LogP contribution in [0.5, 0.6) is 0 Å². The predicted molar refractivity (Wildman–Crippen MR) is 81.3 cm³/mol. The molecule has 0 saturated heterocycles. The molecule has 0 atom stereocenters. The maximum absolute atomic E-state index is 12.1. The molecule has 0 bridgehead atoms. The molecule has 0 aliphatic carbocycles. The first-order valence-corrected chi connectivity index (χ1v) is 7.57. The van der Waals surface area contributed by atoms with E-state index in [4.69, 9.17) is 0 Å². The van der Waals surface area contributed by atoms with Crippen molar-refractivity contribution in [2.75, 3.05) is 12.4 Å². The molecular weight excluding hydrogens is 344 g/mol. The smallest absolute Gasteiger partial charge is 0.273 e. The number of nitrogens with one attached hydrogen (secondary N) is 2. The van der Waals surface area contributed by atoms with Gasteiger partial charge >= 0.3 is 0 Å². The lowest BCUT2D eigenvalue weighted by molar-refractivity contribution is 0.0958. The Morgan fingerprint density at radius 3 is 2.75 bits per heavy atom. The number of aryl methyl sites for hydroxylation is 1. The van der Waals surface area contributed by atoms with Gasteiger partial charge in [0.1, 0.15) is 0 Å². The first kappa shape index (κ1) is 14.7. The molecule has 0 spiro atoms. The highest BCUT2D eigenvalue weighted by Crippen LogP contribution is 2.22. The summed E-state index contributed by atoms with van der Waals surface area (Å²) in [5.74, 6) is -0.596. The molecule has 0 aromatic carbocycles. The number of rotatable bonds is 4. The Kier molecular flexibility index (Phi) is 4.56. The van der Waals surface area contributed by atoms with Crippen LogP contribution in [0.4, 0.5) is 5.69 Å². The lowest BCUT2D eigenvalue weighted by Gasteiger charge is -2.02. The molecule has 8 heteroatoms. The Morgan fingerprint density at radius 2 is 2.20 bits per heavy atom. The number of nitrogens with zero attached hydrogens (tertiary/aromatic N) is 2. The highest BCUT2D eigenvalue weighted by Gasteiger charge is 2.18. The third-order valence-corrected chi connectivity index (χ3v) is 4.26. The summed E-state index contributed by atoms with van der Waals surface area (Å²) in [4.78, 5) is 24.4. The molecule has 0 aliphatic heterocycles. The molecule has 2 heterocycles. The number of thiophene rings is 1. The molecule has 20 heavy (non-hydrogen) atoms. The van der Waals surface area contributed by atoms with Gasteiger partial charge in [-0.1, -0.05) is 0 Å². The fourth-order valence-electron chi connectivity index (χ4n) is 1.58. The largest absolute Gasteiger partial charge is 0.354 e. The third kappa shape index (κ3) is 3.07. The van der Waals surface area contributed by atoms with E-state index in [1.54, 1.807) is 16.9 Å². The second kappa shape index (κ2) is 6.19. The molecule has 106 valence electrons. The minimum atomic E-state index is -0.333. The minimum absolute atomic E-state index is 0.207. The molecule has 0 aliphatic rings. The summed E-state index contributed by atoms with van der Waals surface area (Å²) in [5, 5.41) is 11.2. The van der Waals surface area contributed by atoms with Gasteiger partial charge in [0.2, 0.25) is 0 Å². The second-order valence-electron chi connectivity index (χ2n) is 3.91. The lowest BCUT2D eigenvalue weighted by Crippen LogP contribution is -2.21. The molecule has 2 aromatic rings. The van der Waals surface area contributed by atoms with Crippen LogP contribution >= 0.6 is 27.3 Å². The van der Waals surface area contributed by atoms with Crippen LogP contribution in [-0.2, 0) is 6.54 Å². The molecule has 2 rings (SSSR count). The number of hydrogen-bond acceptors (Lipinski definition) is 4. The van der Waals surface area contributed by atoms with Crippen molar-refractivity contribution < 1.29 is 9.59 Å². The Morgan fingerprint density at radius 1 is 1.45 bits per heavy atom. The molecule has 6 nitrogen and oxygen atoms in total. The summed E-state index contributed by atoms with van der Waals surface area (Å²) in [6.45, 7) is 2.52. The van der Waals surface area contributed by atoms with Gasteiger partial charge in [-0.25, -0.2) is 0 Å². The Balaban J connectivity index is 2.26. The standard InChI is InChI=1S/C12H13BrN4O2S/c1-3-17-5-8(10(16-17)12(19)14-2)15-11(18)9-4-7(13)6-20-9/h4-6H,3H2,1-2H3,(H,14,19)(H,15,18). The summed E-state index contributed by atoms with van der Waals surface area (Å²) >= 11 is 4.62. The van der Waals surface area contributed by atoms with E-state index in [9.17, 15) is 9.59 Å². The van der Waals surface area contributed by atoms with Gasteiger partial charge in [-0.2, -0.15) is 5.10 Å². The van der Waals surface area contributed by atoms with Crippen LogP contribution in [0.1, 0.15) is 27.1 Å². The van der Waals surface area contributed by atoms with Crippen molar-refractivity contribution in [3.05, 3.63) is 32.7 Å². The average Bonchev–Trinajstić information content (AvgIpc) is 3.04. The Hall–Kier alpha value is -1.67. The van der Waals surface area contributed by atoms with Crippen LogP contribution in [0.15, 0.2) is 22.1 Å². The quantitative estimate of drug-likeness (QED) is 0.882. The topological polar surface area (TPSA) is 76.0 Å². The van der Waals surface area contributed by atoms with Gasteiger partial charge < -0.3 is 10.6 Å². The lowest BCUT2D eigenvalue weighted by atomic mass is 10.3. The molecule has 2 N–H and O–H groups in total. The first-order valence-electron chi connectivity index (χ1n) is 5.90. The summed E-state index contributed by atoms with van der Waals surface area (Å²) < 4.78 is 2.45. The van der Waals surface area contributed by atoms with Crippen molar-refractivity contribution in [3.63, 3.8) is 0 Å². The monoisotopic (exact) mass is 356 g/mol. The van der Waals surface area contributed by atoms with Crippen LogP contribution in [-0.4, -0.2) is 28.6 Å². The van der Waals surface area contributed by atoms with Gasteiger partial charge in [-0.15, -0.1) is 11.3 Å². The first-order chi connectivity index (χ1) is 9.55. The Bertz CT molecular complexity index is 650. The molecule has 2 amide bonds. The van der Waals surface area contributed by atoms with E-state index >= 15 is 0 Å². The zero-order chi connectivity index (χ0) is 14.7. The van der Waals surface area contributed by atoms with Crippen molar-refractivity contribution >= 4 is 44.8 Å². The summed E-state index contributed by atoms with van der Waals surface area (Å²) in [5.41, 5.74) is 0.610. The fourth-order valence-corrected chi connectivity index (χ4v) is 2.90.